The van der Waals surface area contributed by atoms with E-state index in [0.717, 1.165) is 42.7 Å². The van der Waals surface area contributed by atoms with Crippen LogP contribution in [-0.4, -0.2) is 41.2 Å². The van der Waals surface area contributed by atoms with Gasteiger partial charge in [-0.25, -0.2) is 22.7 Å². The number of piperidine rings is 1. The highest BCUT2D eigenvalue weighted by atomic mass is 19.2. The van der Waals surface area contributed by atoms with Gasteiger partial charge in [0.2, 0.25) is 0 Å². The lowest BCUT2D eigenvalue weighted by Crippen LogP contribution is -2.49. The van der Waals surface area contributed by atoms with Crippen LogP contribution in [0.25, 0.3) is 16.9 Å². The second-order valence-electron chi connectivity index (χ2n) is 8.59. The number of halogens is 3. The molecule has 4 aromatic rings. The Balaban J connectivity index is 1.43. The third-order valence-corrected chi connectivity index (χ3v) is 6.70. The van der Waals surface area contributed by atoms with E-state index < -0.39 is 17.5 Å². The molecule has 6 rings (SSSR count). The summed E-state index contributed by atoms with van der Waals surface area (Å²) in [5, 5.41) is 8.72. The van der Waals surface area contributed by atoms with Gasteiger partial charge in [-0.15, -0.1) is 0 Å². The summed E-state index contributed by atoms with van der Waals surface area (Å²) in [6, 6.07) is 5.12. The van der Waals surface area contributed by atoms with E-state index in [2.05, 4.69) is 15.2 Å². The number of carbonyl (C=O) groups excluding carboxylic acids is 1. The number of fused-ring (bicyclic) bond motifs is 5. The summed E-state index contributed by atoms with van der Waals surface area (Å²) in [5.74, 6) is -4.08. The number of rotatable bonds is 2. The normalized spacial score (nSPS) is 19.7. The van der Waals surface area contributed by atoms with E-state index >= 15 is 0 Å². The minimum Gasteiger partial charge on any atom is -0.327 e. The molecule has 33 heavy (non-hydrogen) atoms. The van der Waals surface area contributed by atoms with Gasteiger partial charge < -0.3 is 4.90 Å². The minimum absolute atomic E-state index is 0.0732. The number of carbonyl (C=O) groups is 1. The van der Waals surface area contributed by atoms with E-state index in [1.54, 1.807) is 34.6 Å². The van der Waals surface area contributed by atoms with E-state index in [0.29, 0.717) is 23.3 Å². The first kappa shape index (κ1) is 20.0. The molecule has 1 aromatic carbocycles. The fourth-order valence-electron chi connectivity index (χ4n) is 5.30. The molecule has 0 aliphatic carbocycles. The van der Waals surface area contributed by atoms with Crippen molar-refractivity contribution in [1.82, 2.24) is 29.3 Å². The fraction of sp³-hybridized carbons (Fsp3) is 0.304. The Kier molecular flexibility index (Phi) is 4.33. The highest BCUT2D eigenvalue weighted by molar-refractivity contribution is 5.96. The van der Waals surface area contributed by atoms with Gasteiger partial charge in [-0.2, -0.15) is 10.2 Å². The Morgan fingerprint density at radius 2 is 1.91 bits per heavy atom. The largest absolute Gasteiger partial charge is 0.327 e. The molecule has 1 fully saturated rings. The molecule has 2 aliphatic rings. The van der Waals surface area contributed by atoms with Gasteiger partial charge in [0, 0.05) is 36.0 Å². The zero-order valence-corrected chi connectivity index (χ0v) is 17.7. The molecule has 2 atom stereocenters. The number of aryl methyl sites for hydroxylation is 1. The Bertz CT molecular complexity index is 1400. The van der Waals surface area contributed by atoms with Crippen molar-refractivity contribution >= 4 is 11.6 Å². The van der Waals surface area contributed by atoms with Crippen molar-refractivity contribution in [2.75, 3.05) is 0 Å². The van der Waals surface area contributed by atoms with Gasteiger partial charge in [0.1, 0.15) is 6.33 Å². The van der Waals surface area contributed by atoms with Crippen LogP contribution < -0.4 is 0 Å². The average Bonchev–Trinajstić information content (AvgIpc) is 3.39. The third-order valence-electron chi connectivity index (χ3n) is 6.70. The Hall–Kier alpha value is -3.69. The Morgan fingerprint density at radius 3 is 2.70 bits per heavy atom. The number of hydrogen-bond acceptors (Lipinski definition) is 4. The van der Waals surface area contributed by atoms with Crippen molar-refractivity contribution in [2.24, 2.45) is 7.05 Å². The first-order valence-corrected chi connectivity index (χ1v) is 10.7. The van der Waals surface area contributed by atoms with Crippen LogP contribution in [0.1, 0.15) is 46.9 Å². The summed E-state index contributed by atoms with van der Waals surface area (Å²) in [7, 11) is 1.70. The molecule has 2 bridgehead atoms. The molecular weight excluding hydrogens is 433 g/mol. The molecule has 168 valence electrons. The van der Waals surface area contributed by atoms with Crippen molar-refractivity contribution in [3.8, 4) is 11.3 Å². The molecule has 0 unspecified atom stereocenters. The van der Waals surface area contributed by atoms with Crippen molar-refractivity contribution < 1.29 is 18.0 Å². The Labute approximate surface area is 186 Å². The third kappa shape index (κ3) is 2.96. The molecule has 10 heteroatoms. The lowest BCUT2D eigenvalue weighted by molar-refractivity contribution is 0.0392. The maximum absolute atomic E-state index is 14.0. The first-order chi connectivity index (χ1) is 15.9. The number of benzene rings is 1. The minimum atomic E-state index is -1.49. The van der Waals surface area contributed by atoms with E-state index in [4.69, 9.17) is 0 Å². The van der Waals surface area contributed by atoms with Gasteiger partial charge in [-0.3, -0.25) is 9.48 Å². The van der Waals surface area contributed by atoms with Gasteiger partial charge in [0.05, 0.1) is 17.4 Å². The summed E-state index contributed by atoms with van der Waals surface area (Å²) in [5.41, 5.74) is 3.48. The number of aromatic nitrogens is 5. The quantitative estimate of drug-likeness (QED) is 0.434. The standard InChI is InChI=1S/C23H19F3N6O/c1-30-22(13-7-16(24)20(26)17(25)8-13)15-10-14-3-2-4-18(21(15)29-30)32(14)23(33)12-5-6-31-19(9-12)27-11-28-31/h5-9,11,14,18H,2-4,10H2,1H3/t14-,18+/m0/s1. The summed E-state index contributed by atoms with van der Waals surface area (Å²) in [4.78, 5) is 19.6. The molecule has 0 radical (unpaired) electrons. The predicted molar refractivity (Wildman–Crippen MR) is 112 cm³/mol. The number of pyridine rings is 1. The number of amides is 1. The van der Waals surface area contributed by atoms with Gasteiger partial charge in [-0.1, -0.05) is 0 Å². The number of nitrogens with zero attached hydrogens (tertiary/aromatic N) is 6. The highest BCUT2D eigenvalue weighted by Crippen LogP contribution is 2.45. The van der Waals surface area contributed by atoms with Crippen LogP contribution >= 0.6 is 0 Å². The van der Waals surface area contributed by atoms with Crippen LogP contribution in [0.2, 0.25) is 0 Å². The molecule has 5 heterocycles. The molecule has 0 N–H and O–H groups in total. The van der Waals surface area contributed by atoms with Crippen LogP contribution in [0, 0.1) is 17.5 Å². The van der Waals surface area contributed by atoms with Crippen LogP contribution in [-0.2, 0) is 13.5 Å². The monoisotopic (exact) mass is 452 g/mol. The molecule has 3 aromatic heterocycles. The van der Waals surface area contributed by atoms with Crippen molar-refractivity contribution in [3.63, 3.8) is 0 Å². The van der Waals surface area contributed by atoms with Gasteiger partial charge >= 0.3 is 0 Å². The van der Waals surface area contributed by atoms with E-state index in [9.17, 15) is 18.0 Å². The van der Waals surface area contributed by atoms with Crippen molar-refractivity contribution in [2.45, 2.75) is 37.8 Å². The molecule has 7 nitrogen and oxygen atoms in total. The molecule has 1 saturated heterocycles. The molecule has 0 saturated carbocycles. The van der Waals surface area contributed by atoms with Crippen LogP contribution in [0.3, 0.4) is 0 Å². The van der Waals surface area contributed by atoms with E-state index in [1.807, 2.05) is 4.90 Å². The molecule has 1 amide bonds. The second-order valence-corrected chi connectivity index (χ2v) is 8.59. The zero-order valence-electron chi connectivity index (χ0n) is 17.7. The maximum atomic E-state index is 14.0. The highest BCUT2D eigenvalue weighted by Gasteiger charge is 2.43. The van der Waals surface area contributed by atoms with Crippen LogP contribution in [0.15, 0.2) is 36.8 Å². The SMILES string of the molecule is Cn1nc2c(c1-c1cc(F)c(F)c(F)c1)C[C@@H]1CCC[C@H]2N1C(=O)c1ccn2ncnc2c1. The Morgan fingerprint density at radius 1 is 1.12 bits per heavy atom. The summed E-state index contributed by atoms with van der Waals surface area (Å²) >= 11 is 0. The van der Waals surface area contributed by atoms with E-state index in [1.165, 1.54) is 6.33 Å². The van der Waals surface area contributed by atoms with Crippen LogP contribution in [0.4, 0.5) is 13.2 Å². The summed E-state index contributed by atoms with van der Waals surface area (Å²) in [6.45, 7) is 0. The van der Waals surface area contributed by atoms with Gasteiger partial charge in [-0.05, 0) is 49.9 Å². The van der Waals surface area contributed by atoms with Gasteiger partial charge in [0.15, 0.2) is 23.1 Å². The summed E-state index contributed by atoms with van der Waals surface area (Å²) < 4.78 is 44.6. The average molecular weight is 452 g/mol. The summed E-state index contributed by atoms with van der Waals surface area (Å²) in [6.07, 6.45) is 6.15. The fourth-order valence-corrected chi connectivity index (χ4v) is 5.30. The van der Waals surface area contributed by atoms with Crippen LogP contribution in [0.5, 0.6) is 0 Å². The first-order valence-electron chi connectivity index (χ1n) is 10.7. The topological polar surface area (TPSA) is 68.3 Å². The zero-order chi connectivity index (χ0) is 22.9. The van der Waals surface area contributed by atoms with Crippen molar-refractivity contribution in [1.29, 1.82) is 0 Å². The lowest BCUT2D eigenvalue weighted by atomic mass is 9.81. The molecule has 2 aliphatic heterocycles. The second kappa shape index (κ2) is 7.16. The smallest absolute Gasteiger partial charge is 0.254 e. The van der Waals surface area contributed by atoms with Crippen molar-refractivity contribution in [3.05, 3.63) is 71.1 Å². The number of hydrogen-bond donors (Lipinski definition) is 0. The maximum Gasteiger partial charge on any atom is 0.254 e. The lowest BCUT2D eigenvalue weighted by Gasteiger charge is -2.45. The van der Waals surface area contributed by atoms with Gasteiger partial charge in [0.25, 0.3) is 5.91 Å². The predicted octanol–water partition coefficient (Wildman–Crippen LogP) is 3.84. The molecule has 0 spiro atoms. The van der Waals surface area contributed by atoms with E-state index in [-0.39, 0.29) is 23.6 Å². The molecular formula is C23H19F3N6O.